The van der Waals surface area contributed by atoms with Gasteiger partial charge in [0.15, 0.2) is 0 Å². The number of amides is 4. The maximum absolute atomic E-state index is 13.0. The highest BCUT2D eigenvalue weighted by atomic mass is 16.2. The fourth-order valence-corrected chi connectivity index (χ4v) is 4.35. The molecule has 1 unspecified atom stereocenters. The van der Waals surface area contributed by atoms with E-state index >= 15 is 0 Å². The quantitative estimate of drug-likeness (QED) is 0.759. The molecule has 1 heterocycles. The van der Waals surface area contributed by atoms with Gasteiger partial charge in [0.25, 0.3) is 5.91 Å². The molecular formula is C21H30N4O3. The Labute approximate surface area is 166 Å². The summed E-state index contributed by atoms with van der Waals surface area (Å²) in [5.74, 6) is -0.534. The number of carbonyl (C=O) groups excluding carboxylic acids is 3. The Kier molecular flexibility index (Phi) is 6.03. The topological polar surface area (TPSA) is 73.0 Å². The van der Waals surface area contributed by atoms with Crippen molar-refractivity contribution in [2.24, 2.45) is 0 Å². The maximum Gasteiger partial charge on any atom is 0.327 e. The van der Waals surface area contributed by atoms with Crippen LogP contribution in [-0.4, -0.2) is 72.3 Å². The Hall–Kier alpha value is -2.41. The minimum atomic E-state index is -0.744. The van der Waals surface area contributed by atoms with Crippen molar-refractivity contribution >= 4 is 17.8 Å². The second-order valence-electron chi connectivity index (χ2n) is 8.02. The summed E-state index contributed by atoms with van der Waals surface area (Å²) in [7, 11) is 5.60. The highest BCUT2D eigenvalue weighted by molar-refractivity contribution is 6.08. The van der Waals surface area contributed by atoms with Crippen LogP contribution >= 0.6 is 0 Å². The zero-order chi connectivity index (χ0) is 20.3. The average Bonchev–Trinajstić information content (AvgIpc) is 2.86. The number of hydrogen-bond acceptors (Lipinski definition) is 4. The van der Waals surface area contributed by atoms with Gasteiger partial charge in [0.2, 0.25) is 5.91 Å². The van der Waals surface area contributed by atoms with E-state index in [1.807, 2.05) is 49.3 Å². The van der Waals surface area contributed by atoms with Crippen molar-refractivity contribution in [2.75, 3.05) is 34.2 Å². The molecule has 1 aromatic carbocycles. The highest BCUT2D eigenvalue weighted by Crippen LogP contribution is 2.39. The molecule has 1 spiro atoms. The van der Waals surface area contributed by atoms with Crippen molar-refractivity contribution in [2.45, 2.75) is 43.7 Å². The number of hydrogen-bond donors (Lipinski definition) is 1. The van der Waals surface area contributed by atoms with E-state index in [4.69, 9.17) is 0 Å². The first-order valence-electron chi connectivity index (χ1n) is 9.94. The van der Waals surface area contributed by atoms with E-state index in [1.165, 1.54) is 0 Å². The van der Waals surface area contributed by atoms with Crippen LogP contribution in [0.1, 0.15) is 43.7 Å². The number of benzene rings is 1. The van der Waals surface area contributed by atoms with Crippen LogP contribution in [0, 0.1) is 0 Å². The summed E-state index contributed by atoms with van der Waals surface area (Å²) in [6, 6.07) is 9.58. The molecule has 4 amide bonds. The van der Waals surface area contributed by atoms with Crippen LogP contribution in [-0.2, 0) is 9.59 Å². The van der Waals surface area contributed by atoms with Crippen molar-refractivity contribution in [1.29, 1.82) is 0 Å². The van der Waals surface area contributed by atoms with Gasteiger partial charge in [-0.05, 0) is 32.5 Å². The van der Waals surface area contributed by atoms with Crippen molar-refractivity contribution < 1.29 is 14.4 Å². The zero-order valence-electron chi connectivity index (χ0n) is 17.0. The fraction of sp³-hybridized carbons (Fsp3) is 0.571. The van der Waals surface area contributed by atoms with Gasteiger partial charge in [-0.25, -0.2) is 4.79 Å². The minimum absolute atomic E-state index is 0.0162. The fourth-order valence-electron chi connectivity index (χ4n) is 4.35. The maximum atomic E-state index is 13.0. The molecule has 152 valence electrons. The number of imide groups is 1. The molecule has 0 bridgehead atoms. The number of nitrogens with one attached hydrogen (secondary N) is 1. The first-order chi connectivity index (χ1) is 13.4. The highest BCUT2D eigenvalue weighted by Gasteiger charge is 2.55. The van der Waals surface area contributed by atoms with Gasteiger partial charge in [-0.2, -0.15) is 0 Å². The lowest BCUT2D eigenvalue weighted by Crippen LogP contribution is -2.49. The standard InChI is InChI=1S/C21H30N4O3/c1-23(2)17(16-10-6-4-7-11-16)14-22-18(26)15-25-19(27)21(24(3)20(25)28)12-8-5-9-13-21/h4,6-7,10-11,17H,5,8-9,12-15H2,1-3H3,(H,22,26). The predicted molar refractivity (Wildman–Crippen MR) is 107 cm³/mol. The van der Waals surface area contributed by atoms with E-state index < -0.39 is 5.54 Å². The third-order valence-corrected chi connectivity index (χ3v) is 6.09. The van der Waals surface area contributed by atoms with E-state index in [9.17, 15) is 14.4 Å². The number of carbonyl (C=O) groups is 3. The first-order valence-corrected chi connectivity index (χ1v) is 9.94. The Morgan fingerprint density at radius 2 is 1.79 bits per heavy atom. The Morgan fingerprint density at radius 3 is 2.39 bits per heavy atom. The van der Waals surface area contributed by atoms with Gasteiger partial charge in [-0.3, -0.25) is 14.5 Å². The van der Waals surface area contributed by atoms with Crippen molar-refractivity contribution in [3.8, 4) is 0 Å². The summed E-state index contributed by atoms with van der Waals surface area (Å²) in [6.45, 7) is 0.186. The summed E-state index contributed by atoms with van der Waals surface area (Å²) in [4.78, 5) is 42.9. The van der Waals surface area contributed by atoms with Gasteiger partial charge in [-0.15, -0.1) is 0 Å². The molecule has 1 atom stereocenters. The van der Waals surface area contributed by atoms with Crippen molar-refractivity contribution in [1.82, 2.24) is 20.0 Å². The number of rotatable bonds is 6. The van der Waals surface area contributed by atoms with E-state index in [1.54, 1.807) is 11.9 Å². The SMILES string of the molecule is CN(C)C(CNC(=O)CN1C(=O)N(C)C2(CCCCC2)C1=O)c1ccccc1. The van der Waals surface area contributed by atoms with Gasteiger partial charge in [0.05, 0.1) is 6.04 Å². The van der Waals surface area contributed by atoms with Crippen molar-refractivity contribution in [3.05, 3.63) is 35.9 Å². The average molecular weight is 386 g/mol. The third kappa shape index (κ3) is 3.76. The lowest BCUT2D eigenvalue weighted by Gasteiger charge is -2.35. The number of urea groups is 1. The Bertz CT molecular complexity index is 728. The summed E-state index contributed by atoms with van der Waals surface area (Å²) in [5, 5.41) is 2.89. The molecule has 2 aliphatic rings. The van der Waals surface area contributed by atoms with Crippen LogP contribution in [0.4, 0.5) is 4.79 Å². The smallest absolute Gasteiger partial charge is 0.327 e. The molecule has 1 aliphatic heterocycles. The second kappa shape index (κ2) is 8.31. The van der Waals surface area contributed by atoms with Crippen LogP contribution < -0.4 is 5.32 Å². The largest absolute Gasteiger partial charge is 0.353 e. The van der Waals surface area contributed by atoms with Gasteiger partial charge in [0, 0.05) is 13.6 Å². The summed E-state index contributed by atoms with van der Waals surface area (Å²) < 4.78 is 0. The van der Waals surface area contributed by atoms with E-state index in [0.717, 1.165) is 29.7 Å². The summed E-state index contributed by atoms with van der Waals surface area (Å²) in [6.07, 6.45) is 4.32. The molecule has 0 aromatic heterocycles. The predicted octanol–water partition coefficient (Wildman–Crippen LogP) is 2.00. The molecule has 1 N–H and O–H groups in total. The molecule has 3 rings (SSSR count). The molecule has 1 aliphatic carbocycles. The number of nitrogens with zero attached hydrogens (tertiary/aromatic N) is 3. The normalized spacial score (nSPS) is 20.1. The van der Waals surface area contributed by atoms with Crippen LogP contribution in [0.2, 0.25) is 0 Å². The van der Waals surface area contributed by atoms with Gasteiger partial charge < -0.3 is 15.1 Å². The molecule has 1 saturated heterocycles. The first kappa shape index (κ1) is 20.3. The molecule has 7 nitrogen and oxygen atoms in total. The van der Waals surface area contributed by atoms with E-state index in [-0.39, 0.29) is 30.4 Å². The lowest BCUT2D eigenvalue weighted by atomic mass is 9.81. The summed E-state index contributed by atoms with van der Waals surface area (Å²) in [5.41, 5.74) is 0.355. The van der Waals surface area contributed by atoms with Crippen molar-refractivity contribution in [3.63, 3.8) is 0 Å². The zero-order valence-corrected chi connectivity index (χ0v) is 17.0. The molecule has 7 heteroatoms. The molecule has 2 fully saturated rings. The van der Waals surface area contributed by atoms with E-state index in [0.29, 0.717) is 19.4 Å². The third-order valence-electron chi connectivity index (χ3n) is 6.09. The monoisotopic (exact) mass is 386 g/mol. The van der Waals surface area contributed by atoms with Crippen LogP contribution in [0.25, 0.3) is 0 Å². The Balaban J connectivity index is 1.63. The Morgan fingerprint density at radius 1 is 1.14 bits per heavy atom. The minimum Gasteiger partial charge on any atom is -0.353 e. The van der Waals surface area contributed by atoms with Crippen LogP contribution in [0.5, 0.6) is 0 Å². The van der Waals surface area contributed by atoms with Gasteiger partial charge >= 0.3 is 6.03 Å². The molecular weight excluding hydrogens is 356 g/mol. The molecule has 1 saturated carbocycles. The molecule has 0 radical (unpaired) electrons. The van der Waals surface area contributed by atoms with Crippen LogP contribution in [0.15, 0.2) is 30.3 Å². The van der Waals surface area contributed by atoms with E-state index in [2.05, 4.69) is 5.32 Å². The van der Waals surface area contributed by atoms with Crippen LogP contribution in [0.3, 0.4) is 0 Å². The summed E-state index contributed by atoms with van der Waals surface area (Å²) >= 11 is 0. The molecule has 1 aromatic rings. The molecule has 28 heavy (non-hydrogen) atoms. The number of likely N-dealkylation sites (N-methyl/N-ethyl adjacent to an activating group) is 2. The lowest BCUT2D eigenvalue weighted by molar-refractivity contribution is -0.137. The second-order valence-corrected chi connectivity index (χ2v) is 8.02. The van der Waals surface area contributed by atoms with Gasteiger partial charge in [0.1, 0.15) is 12.1 Å². The van der Waals surface area contributed by atoms with Gasteiger partial charge in [-0.1, -0.05) is 49.6 Å².